The number of hydrogen-bond acceptors (Lipinski definition) is 3. The Kier molecular flexibility index (Phi) is 4.96. The van der Waals surface area contributed by atoms with Crippen molar-refractivity contribution in [2.24, 2.45) is 0 Å². The maximum atomic E-state index is 13.7. The van der Waals surface area contributed by atoms with Gasteiger partial charge in [-0.3, -0.25) is 9.59 Å². The summed E-state index contributed by atoms with van der Waals surface area (Å²) in [4.78, 5) is 29.6. The van der Waals surface area contributed by atoms with Crippen LogP contribution in [0.15, 0.2) is 60.1 Å². The molecule has 29 heavy (non-hydrogen) atoms. The van der Waals surface area contributed by atoms with Crippen LogP contribution in [0.1, 0.15) is 28.6 Å². The van der Waals surface area contributed by atoms with Crippen LogP contribution in [0.5, 0.6) is 0 Å². The summed E-state index contributed by atoms with van der Waals surface area (Å²) in [6.45, 7) is 6.43. The molecule has 1 aromatic carbocycles. The highest BCUT2D eigenvalue weighted by molar-refractivity contribution is 7.09. The van der Waals surface area contributed by atoms with Gasteiger partial charge in [0.15, 0.2) is 6.20 Å². The van der Waals surface area contributed by atoms with E-state index in [0.29, 0.717) is 6.54 Å². The fraction of sp³-hybridized carbons (Fsp3) is 0.261. The molecule has 4 rings (SSSR count). The Labute approximate surface area is 174 Å². The van der Waals surface area contributed by atoms with Crippen molar-refractivity contribution in [3.05, 3.63) is 81.8 Å². The second-order valence-corrected chi connectivity index (χ2v) is 8.60. The lowest BCUT2D eigenvalue weighted by atomic mass is 9.89. The van der Waals surface area contributed by atoms with E-state index in [-0.39, 0.29) is 18.4 Å². The molecular formula is C23H24N3O2S+. The van der Waals surface area contributed by atoms with Crippen LogP contribution >= 0.6 is 11.3 Å². The van der Waals surface area contributed by atoms with E-state index < -0.39 is 5.54 Å². The molecular weight excluding hydrogens is 382 g/mol. The third-order valence-electron chi connectivity index (χ3n) is 5.64. The molecule has 1 aliphatic heterocycles. The van der Waals surface area contributed by atoms with E-state index in [0.717, 1.165) is 27.4 Å². The number of aryl methyl sites for hydroxylation is 2. The second kappa shape index (κ2) is 7.44. The number of pyridine rings is 1. The van der Waals surface area contributed by atoms with Crippen molar-refractivity contribution >= 4 is 28.8 Å². The maximum absolute atomic E-state index is 13.7. The van der Waals surface area contributed by atoms with E-state index in [1.807, 2.05) is 85.4 Å². The first-order chi connectivity index (χ1) is 13.9. The average Bonchev–Trinajstić information content (AvgIpc) is 3.21. The lowest BCUT2D eigenvalue weighted by Crippen LogP contribution is -2.66. The quantitative estimate of drug-likeness (QED) is 0.674. The Bertz CT molecular complexity index is 1060. The number of carbonyl (C=O) groups excluding carboxylic acids is 2. The Morgan fingerprint density at radius 2 is 1.90 bits per heavy atom. The molecule has 0 saturated heterocycles. The topological polar surface area (TPSA) is 53.3 Å². The largest absolute Gasteiger partial charge is 0.323 e. The van der Waals surface area contributed by atoms with Crippen molar-refractivity contribution in [3.8, 4) is 0 Å². The smallest absolute Gasteiger partial charge is 0.290 e. The van der Waals surface area contributed by atoms with Crippen LogP contribution in [0.3, 0.4) is 0 Å². The van der Waals surface area contributed by atoms with Gasteiger partial charge in [0.25, 0.3) is 11.8 Å². The molecule has 3 heterocycles. The number of aromatic nitrogens is 1. The highest BCUT2D eigenvalue weighted by Gasteiger charge is 2.53. The standard InChI is InChI=1S/C23H23N3O2S/c1-16-8-6-9-17(2)21(16)24-22(28)23(3)19-11-4-5-12-25(19)15-20(27)26(23)14-18-10-7-13-29-18/h4-13H,14-15H2,1-3H3/p+1/t23-/m0/s1. The van der Waals surface area contributed by atoms with Crippen molar-refractivity contribution in [1.29, 1.82) is 0 Å². The zero-order valence-corrected chi connectivity index (χ0v) is 17.6. The zero-order valence-electron chi connectivity index (χ0n) is 16.8. The first-order valence-electron chi connectivity index (χ1n) is 9.60. The van der Waals surface area contributed by atoms with E-state index in [4.69, 9.17) is 0 Å². The van der Waals surface area contributed by atoms with Gasteiger partial charge in [0, 0.05) is 22.7 Å². The van der Waals surface area contributed by atoms with Crippen molar-refractivity contribution < 1.29 is 14.2 Å². The van der Waals surface area contributed by atoms with E-state index in [2.05, 4.69) is 5.32 Å². The van der Waals surface area contributed by atoms with Crippen LogP contribution in [-0.4, -0.2) is 16.7 Å². The summed E-state index contributed by atoms with van der Waals surface area (Å²) in [5.74, 6) is -0.277. The summed E-state index contributed by atoms with van der Waals surface area (Å²) >= 11 is 1.59. The number of nitrogens with one attached hydrogen (secondary N) is 1. The van der Waals surface area contributed by atoms with Crippen LogP contribution in [0.4, 0.5) is 5.69 Å². The summed E-state index contributed by atoms with van der Waals surface area (Å²) in [7, 11) is 0. The van der Waals surface area contributed by atoms with Crippen LogP contribution < -0.4 is 9.88 Å². The van der Waals surface area contributed by atoms with E-state index in [9.17, 15) is 9.59 Å². The molecule has 1 N–H and O–H groups in total. The van der Waals surface area contributed by atoms with Crippen LogP contribution in [0.2, 0.25) is 0 Å². The molecule has 5 nitrogen and oxygen atoms in total. The number of hydrogen-bond donors (Lipinski definition) is 1. The van der Waals surface area contributed by atoms with Gasteiger partial charge in [-0.1, -0.05) is 30.3 Å². The Morgan fingerprint density at radius 3 is 2.59 bits per heavy atom. The Morgan fingerprint density at radius 1 is 1.14 bits per heavy atom. The number of rotatable bonds is 4. The van der Waals surface area contributed by atoms with Gasteiger partial charge >= 0.3 is 0 Å². The number of amides is 2. The maximum Gasteiger partial charge on any atom is 0.290 e. The molecule has 0 spiro atoms. The van der Waals surface area contributed by atoms with Crippen LogP contribution in [0, 0.1) is 13.8 Å². The van der Waals surface area contributed by atoms with E-state index >= 15 is 0 Å². The molecule has 0 fully saturated rings. The molecule has 0 bridgehead atoms. The lowest BCUT2D eigenvalue weighted by Gasteiger charge is -2.40. The van der Waals surface area contributed by atoms with Crippen molar-refractivity contribution in [2.75, 3.05) is 5.32 Å². The summed E-state index contributed by atoms with van der Waals surface area (Å²) in [5, 5.41) is 5.10. The van der Waals surface area contributed by atoms with Gasteiger partial charge in [0.05, 0.1) is 6.54 Å². The predicted octanol–water partition coefficient (Wildman–Crippen LogP) is 3.55. The van der Waals surface area contributed by atoms with Crippen molar-refractivity contribution in [2.45, 2.75) is 39.4 Å². The number of carbonyl (C=O) groups is 2. The van der Waals surface area contributed by atoms with Gasteiger partial charge < -0.3 is 10.2 Å². The average molecular weight is 407 g/mol. The number of benzene rings is 1. The van der Waals surface area contributed by atoms with Gasteiger partial charge in [0.1, 0.15) is 0 Å². The molecule has 2 amide bonds. The van der Waals surface area contributed by atoms with E-state index in [1.54, 1.807) is 16.2 Å². The molecule has 148 valence electrons. The summed E-state index contributed by atoms with van der Waals surface area (Å²) in [6, 6.07) is 15.6. The summed E-state index contributed by atoms with van der Waals surface area (Å²) in [5.41, 5.74) is 2.47. The van der Waals surface area contributed by atoms with Crippen LogP contribution in [0.25, 0.3) is 0 Å². The minimum Gasteiger partial charge on any atom is -0.323 e. The number of para-hydroxylation sites is 1. The SMILES string of the molecule is Cc1cccc(C)c1NC(=O)[C@]1(C)c2cccc[n+]2CC(=O)N1Cc1cccs1. The Balaban J connectivity index is 1.80. The monoisotopic (exact) mass is 406 g/mol. The minimum atomic E-state index is -1.13. The first kappa shape index (κ1) is 19.3. The van der Waals surface area contributed by atoms with E-state index in [1.165, 1.54) is 0 Å². The summed E-state index contributed by atoms with van der Waals surface area (Å²) < 4.78 is 1.87. The highest BCUT2D eigenvalue weighted by Crippen LogP contribution is 2.34. The van der Waals surface area contributed by atoms with Gasteiger partial charge in [-0.15, -0.1) is 11.3 Å². The highest BCUT2D eigenvalue weighted by atomic mass is 32.1. The molecule has 0 unspecified atom stereocenters. The molecule has 2 aromatic heterocycles. The normalized spacial score (nSPS) is 18.4. The molecule has 0 aliphatic carbocycles. The molecule has 1 atom stereocenters. The number of thiophene rings is 1. The van der Waals surface area contributed by atoms with Crippen LogP contribution in [-0.2, 0) is 28.2 Å². The third kappa shape index (κ3) is 3.34. The van der Waals surface area contributed by atoms with Gasteiger partial charge in [-0.2, -0.15) is 4.57 Å². The van der Waals surface area contributed by atoms with Crippen molar-refractivity contribution in [1.82, 2.24) is 4.90 Å². The lowest BCUT2D eigenvalue weighted by molar-refractivity contribution is -0.702. The minimum absolute atomic E-state index is 0.0683. The first-order valence-corrected chi connectivity index (χ1v) is 10.5. The fourth-order valence-corrected chi connectivity index (χ4v) is 4.66. The summed E-state index contributed by atoms with van der Waals surface area (Å²) in [6.07, 6.45) is 1.86. The van der Waals surface area contributed by atoms with Gasteiger partial charge in [-0.05, 0) is 43.3 Å². The van der Waals surface area contributed by atoms with Gasteiger partial charge in [0.2, 0.25) is 17.8 Å². The molecule has 3 aromatic rings. The van der Waals surface area contributed by atoms with Gasteiger partial charge in [-0.25, -0.2) is 0 Å². The molecule has 0 radical (unpaired) electrons. The molecule has 0 saturated carbocycles. The Hall–Kier alpha value is -2.99. The zero-order chi connectivity index (χ0) is 20.6. The fourth-order valence-electron chi connectivity index (χ4n) is 3.97. The molecule has 6 heteroatoms. The second-order valence-electron chi connectivity index (χ2n) is 7.57. The van der Waals surface area contributed by atoms with Crippen molar-refractivity contribution in [3.63, 3.8) is 0 Å². The number of fused-ring (bicyclic) bond motifs is 1. The number of anilines is 1. The third-order valence-corrected chi connectivity index (χ3v) is 6.50. The predicted molar refractivity (Wildman–Crippen MR) is 113 cm³/mol. The number of nitrogens with zero attached hydrogens (tertiary/aromatic N) is 2. The molecule has 1 aliphatic rings.